The van der Waals surface area contributed by atoms with Gasteiger partial charge in [0.15, 0.2) is 5.69 Å². The first-order chi connectivity index (χ1) is 15.2. The van der Waals surface area contributed by atoms with E-state index in [1.807, 2.05) is 12.1 Å². The summed E-state index contributed by atoms with van der Waals surface area (Å²) in [6.07, 6.45) is -3.18. The monoisotopic (exact) mass is 502 g/mol. The second-order valence-corrected chi connectivity index (χ2v) is 9.26. The van der Waals surface area contributed by atoms with Crippen molar-refractivity contribution in [2.45, 2.75) is 19.3 Å². The Bertz CT molecular complexity index is 1110. The molecular weight excluding hydrogens is 484 g/mol. The van der Waals surface area contributed by atoms with Crippen LogP contribution in [0.5, 0.6) is 0 Å². The van der Waals surface area contributed by atoms with Crippen LogP contribution in [0.25, 0.3) is 0 Å². The third-order valence-electron chi connectivity index (χ3n) is 5.19. The molecule has 5 nitrogen and oxygen atoms in total. The summed E-state index contributed by atoms with van der Waals surface area (Å²) in [7, 11) is 0. The summed E-state index contributed by atoms with van der Waals surface area (Å²) < 4.78 is 39.3. The van der Waals surface area contributed by atoms with Gasteiger partial charge in [0.25, 0.3) is 5.91 Å². The molecule has 4 rings (SSSR count). The second kappa shape index (κ2) is 9.43. The SMILES string of the molecule is O=C(c1cc(Cn2ccc(C(F)(F)F)n2)cs1)N1CCN(Cc2ccc(Cl)c(Cl)c2)CC1. The predicted octanol–water partition coefficient (Wildman–Crippen LogP) is 5.28. The highest BCUT2D eigenvalue weighted by atomic mass is 35.5. The minimum atomic E-state index is -4.47. The van der Waals surface area contributed by atoms with E-state index >= 15 is 0 Å². The van der Waals surface area contributed by atoms with Gasteiger partial charge in [-0.25, -0.2) is 0 Å². The van der Waals surface area contributed by atoms with Gasteiger partial charge < -0.3 is 4.90 Å². The van der Waals surface area contributed by atoms with E-state index in [0.29, 0.717) is 28.0 Å². The van der Waals surface area contributed by atoms with Crippen molar-refractivity contribution in [1.29, 1.82) is 0 Å². The maximum atomic E-state index is 12.9. The lowest BCUT2D eigenvalue weighted by molar-refractivity contribution is -0.141. The smallest absolute Gasteiger partial charge is 0.335 e. The van der Waals surface area contributed by atoms with Crippen LogP contribution in [0, 0.1) is 0 Å². The molecule has 3 heterocycles. The predicted molar refractivity (Wildman–Crippen MR) is 118 cm³/mol. The molecule has 11 heteroatoms. The lowest BCUT2D eigenvalue weighted by Gasteiger charge is -2.34. The van der Waals surface area contributed by atoms with Crippen molar-refractivity contribution < 1.29 is 18.0 Å². The van der Waals surface area contributed by atoms with Gasteiger partial charge >= 0.3 is 6.18 Å². The van der Waals surface area contributed by atoms with Crippen LogP contribution in [0.2, 0.25) is 10.0 Å². The number of carbonyl (C=O) groups is 1. The summed E-state index contributed by atoms with van der Waals surface area (Å²) in [4.78, 5) is 17.5. The normalized spacial score (nSPS) is 15.3. The number of benzene rings is 1. The Kier molecular flexibility index (Phi) is 6.80. The Balaban J connectivity index is 1.31. The second-order valence-electron chi connectivity index (χ2n) is 7.53. The molecule has 1 fully saturated rings. The molecule has 2 aromatic heterocycles. The van der Waals surface area contributed by atoms with E-state index in [-0.39, 0.29) is 12.5 Å². The van der Waals surface area contributed by atoms with Crippen molar-refractivity contribution in [1.82, 2.24) is 19.6 Å². The van der Waals surface area contributed by atoms with Crippen LogP contribution < -0.4 is 0 Å². The van der Waals surface area contributed by atoms with Crippen molar-refractivity contribution in [2.24, 2.45) is 0 Å². The molecule has 1 amide bonds. The minimum Gasteiger partial charge on any atom is -0.335 e. The van der Waals surface area contributed by atoms with Crippen molar-refractivity contribution in [3.63, 3.8) is 0 Å². The molecule has 1 aliphatic rings. The van der Waals surface area contributed by atoms with Gasteiger partial charge in [-0.2, -0.15) is 18.3 Å². The number of aromatic nitrogens is 2. The Morgan fingerprint density at radius 2 is 1.75 bits per heavy atom. The first-order valence-electron chi connectivity index (χ1n) is 9.82. The molecule has 1 aliphatic heterocycles. The molecule has 0 atom stereocenters. The third kappa shape index (κ3) is 5.46. The summed E-state index contributed by atoms with van der Waals surface area (Å²) in [5.41, 5.74) is 0.880. The molecule has 0 unspecified atom stereocenters. The number of amides is 1. The highest BCUT2D eigenvalue weighted by Crippen LogP contribution is 2.28. The highest BCUT2D eigenvalue weighted by Gasteiger charge is 2.33. The van der Waals surface area contributed by atoms with Crippen LogP contribution in [-0.4, -0.2) is 51.7 Å². The van der Waals surface area contributed by atoms with Crippen LogP contribution in [0.1, 0.15) is 26.5 Å². The zero-order valence-electron chi connectivity index (χ0n) is 16.8. The third-order valence-corrected chi connectivity index (χ3v) is 6.90. The Hall–Kier alpha value is -2.07. The number of nitrogens with zero attached hydrogens (tertiary/aromatic N) is 4. The first kappa shape index (κ1) is 23.1. The molecule has 0 spiro atoms. The quantitative estimate of drug-likeness (QED) is 0.476. The summed E-state index contributed by atoms with van der Waals surface area (Å²) >= 11 is 13.3. The molecule has 0 aliphatic carbocycles. The molecule has 0 N–H and O–H groups in total. The maximum Gasteiger partial charge on any atom is 0.435 e. The van der Waals surface area contributed by atoms with Gasteiger partial charge in [-0.1, -0.05) is 29.3 Å². The fourth-order valence-corrected chi connectivity index (χ4v) is 4.71. The maximum absolute atomic E-state index is 12.9. The standard InChI is InChI=1S/C21H19Cl2F3N4OS/c22-16-2-1-14(9-17(16)23)11-28-5-7-29(8-6-28)20(31)18-10-15(13-32-18)12-30-4-3-19(27-30)21(24,25)26/h1-4,9-10,13H,5-8,11-12H2. The Morgan fingerprint density at radius 3 is 2.41 bits per heavy atom. The lowest BCUT2D eigenvalue weighted by atomic mass is 10.2. The fourth-order valence-electron chi connectivity index (χ4n) is 3.52. The van der Waals surface area contributed by atoms with E-state index in [1.165, 1.54) is 22.2 Å². The zero-order chi connectivity index (χ0) is 22.9. The van der Waals surface area contributed by atoms with E-state index in [4.69, 9.17) is 23.2 Å². The highest BCUT2D eigenvalue weighted by molar-refractivity contribution is 7.12. The summed E-state index contributed by atoms with van der Waals surface area (Å²) in [6.45, 7) is 3.57. The van der Waals surface area contributed by atoms with Crippen molar-refractivity contribution in [2.75, 3.05) is 26.2 Å². The Morgan fingerprint density at radius 1 is 1.00 bits per heavy atom. The molecule has 32 heavy (non-hydrogen) atoms. The fraction of sp³-hybridized carbons (Fsp3) is 0.333. The molecule has 1 aromatic carbocycles. The van der Waals surface area contributed by atoms with Crippen LogP contribution in [0.15, 0.2) is 41.9 Å². The first-order valence-corrected chi connectivity index (χ1v) is 11.5. The van der Waals surface area contributed by atoms with Crippen LogP contribution in [-0.2, 0) is 19.3 Å². The van der Waals surface area contributed by atoms with Gasteiger partial charge in [0.05, 0.1) is 21.5 Å². The van der Waals surface area contributed by atoms with Gasteiger partial charge in [-0.3, -0.25) is 14.4 Å². The van der Waals surface area contributed by atoms with E-state index in [1.54, 1.807) is 22.4 Å². The zero-order valence-corrected chi connectivity index (χ0v) is 19.1. The summed E-state index contributed by atoms with van der Waals surface area (Å²) in [5.74, 6) is -0.0631. The van der Waals surface area contributed by atoms with Gasteiger partial charge in [0.2, 0.25) is 0 Å². The van der Waals surface area contributed by atoms with E-state index in [2.05, 4.69) is 10.00 Å². The van der Waals surface area contributed by atoms with E-state index in [0.717, 1.165) is 36.8 Å². The van der Waals surface area contributed by atoms with Gasteiger partial charge in [-0.15, -0.1) is 11.3 Å². The molecule has 170 valence electrons. The van der Waals surface area contributed by atoms with Gasteiger partial charge in [0, 0.05) is 38.9 Å². The van der Waals surface area contributed by atoms with Crippen LogP contribution in [0.4, 0.5) is 13.2 Å². The average molecular weight is 503 g/mol. The summed E-state index contributed by atoms with van der Waals surface area (Å²) in [6, 6.07) is 8.24. The molecule has 3 aromatic rings. The number of rotatable bonds is 5. The van der Waals surface area contributed by atoms with Gasteiger partial charge in [-0.05, 0) is 40.8 Å². The number of halogens is 5. The molecular formula is C21H19Cl2F3N4OS. The van der Waals surface area contributed by atoms with Crippen molar-refractivity contribution >= 4 is 40.4 Å². The summed E-state index contributed by atoms with van der Waals surface area (Å²) in [5, 5.41) is 6.38. The van der Waals surface area contributed by atoms with Gasteiger partial charge in [0.1, 0.15) is 0 Å². The number of hydrogen-bond acceptors (Lipinski definition) is 4. The number of piperazine rings is 1. The Labute approximate surface area is 196 Å². The van der Waals surface area contributed by atoms with E-state index < -0.39 is 11.9 Å². The average Bonchev–Trinajstić information content (AvgIpc) is 3.41. The lowest BCUT2D eigenvalue weighted by Crippen LogP contribution is -2.48. The molecule has 0 radical (unpaired) electrons. The molecule has 1 saturated heterocycles. The minimum absolute atomic E-state index is 0.0631. The number of thiophene rings is 1. The molecule has 0 bridgehead atoms. The topological polar surface area (TPSA) is 41.4 Å². The van der Waals surface area contributed by atoms with Crippen LogP contribution >= 0.6 is 34.5 Å². The van der Waals surface area contributed by atoms with Crippen LogP contribution in [0.3, 0.4) is 0 Å². The number of carbonyl (C=O) groups excluding carboxylic acids is 1. The number of alkyl halides is 3. The van der Waals surface area contributed by atoms with E-state index in [9.17, 15) is 18.0 Å². The largest absolute Gasteiger partial charge is 0.435 e. The van der Waals surface area contributed by atoms with Crippen molar-refractivity contribution in [3.05, 3.63) is 73.7 Å². The van der Waals surface area contributed by atoms with Crippen molar-refractivity contribution in [3.8, 4) is 0 Å². The number of hydrogen-bond donors (Lipinski definition) is 0. The molecule has 0 saturated carbocycles.